The van der Waals surface area contributed by atoms with Crippen molar-refractivity contribution in [2.45, 2.75) is 277 Å². The summed E-state index contributed by atoms with van der Waals surface area (Å²) >= 11 is 0. The molecule has 1 atom stereocenters. The van der Waals surface area contributed by atoms with Gasteiger partial charge in [-0.3, -0.25) is 4.79 Å². The van der Waals surface area contributed by atoms with Crippen molar-refractivity contribution in [2.24, 2.45) is 0 Å². The number of aliphatic hydroxyl groups excluding tert-OH is 1. The Morgan fingerprint density at radius 2 is 0.736 bits per heavy atom. The Balaban J connectivity index is 3.36. The van der Waals surface area contributed by atoms with Crippen LogP contribution in [0.3, 0.4) is 0 Å². The molecule has 0 aliphatic heterocycles. The van der Waals surface area contributed by atoms with Crippen molar-refractivity contribution >= 4 is 5.97 Å². The van der Waals surface area contributed by atoms with Gasteiger partial charge >= 0.3 is 5.97 Å². The lowest BCUT2D eigenvalue weighted by atomic mass is 10.0. The van der Waals surface area contributed by atoms with Crippen molar-refractivity contribution in [1.29, 1.82) is 0 Å². The number of hydrogen-bond donors (Lipinski definition) is 1. The van der Waals surface area contributed by atoms with Gasteiger partial charge in [-0.05, 0) is 38.5 Å². The molecule has 0 bridgehead atoms. The average Bonchev–Trinajstić information content (AvgIpc) is 3.16. The van der Waals surface area contributed by atoms with Crippen LogP contribution in [0, 0.1) is 0 Å². The predicted molar refractivity (Wildman–Crippen MR) is 233 cm³/mol. The summed E-state index contributed by atoms with van der Waals surface area (Å²) in [7, 11) is 0. The van der Waals surface area contributed by atoms with Crippen molar-refractivity contribution in [1.82, 2.24) is 0 Å². The maximum absolute atomic E-state index is 12.2. The number of esters is 1. The van der Waals surface area contributed by atoms with Crippen molar-refractivity contribution in [2.75, 3.05) is 19.8 Å². The molecule has 1 N–H and O–H groups in total. The smallest absolute Gasteiger partial charge is 0.306 e. The van der Waals surface area contributed by atoms with Crippen molar-refractivity contribution in [3.63, 3.8) is 0 Å². The van der Waals surface area contributed by atoms with Gasteiger partial charge in [0, 0.05) is 13.0 Å². The minimum atomic E-state index is -0.530. The van der Waals surface area contributed by atoms with Crippen LogP contribution >= 0.6 is 0 Å². The molecule has 0 saturated heterocycles. The van der Waals surface area contributed by atoms with E-state index in [-0.39, 0.29) is 12.6 Å². The van der Waals surface area contributed by atoms with Gasteiger partial charge in [-0.15, -0.1) is 0 Å². The van der Waals surface area contributed by atoms with Crippen LogP contribution in [0.4, 0.5) is 0 Å². The maximum Gasteiger partial charge on any atom is 0.306 e. The minimum absolute atomic E-state index is 0.166. The summed E-state index contributed by atoms with van der Waals surface area (Å²) in [6, 6.07) is 0. The highest BCUT2D eigenvalue weighted by Crippen LogP contribution is 2.16. The van der Waals surface area contributed by atoms with Gasteiger partial charge in [0.25, 0.3) is 0 Å². The Labute approximate surface area is 333 Å². The molecule has 0 aliphatic rings. The number of carbonyl (C=O) groups excluding carboxylic acids is 1. The minimum Gasteiger partial charge on any atom is -0.457 e. The quantitative estimate of drug-likeness (QED) is 0.0383. The van der Waals surface area contributed by atoms with E-state index >= 15 is 0 Å². The molecule has 0 aliphatic carbocycles. The summed E-state index contributed by atoms with van der Waals surface area (Å²) in [4.78, 5) is 12.2. The van der Waals surface area contributed by atoms with Crippen LogP contribution in [-0.2, 0) is 14.3 Å². The molecular weight excluding hydrogens is 653 g/mol. The van der Waals surface area contributed by atoms with Crippen LogP contribution in [0.15, 0.2) is 12.2 Å². The highest BCUT2D eigenvalue weighted by molar-refractivity contribution is 5.69. The van der Waals surface area contributed by atoms with Crippen LogP contribution in [0.25, 0.3) is 0 Å². The summed E-state index contributed by atoms with van der Waals surface area (Å²) in [5.74, 6) is -0.196. The van der Waals surface area contributed by atoms with Crippen molar-refractivity contribution in [3.05, 3.63) is 12.2 Å². The highest BCUT2D eigenvalue weighted by Gasteiger charge is 2.13. The zero-order chi connectivity index (χ0) is 38.4. The van der Waals surface area contributed by atoms with Gasteiger partial charge in [-0.25, -0.2) is 0 Å². The van der Waals surface area contributed by atoms with Crippen LogP contribution < -0.4 is 0 Å². The molecule has 0 fully saturated rings. The van der Waals surface area contributed by atoms with Crippen molar-refractivity contribution < 1.29 is 19.4 Å². The molecule has 4 heteroatoms. The Bertz CT molecular complexity index is 707. The molecule has 0 radical (unpaired) electrons. The Morgan fingerprint density at radius 1 is 0.434 bits per heavy atom. The third-order valence-electron chi connectivity index (χ3n) is 11.1. The van der Waals surface area contributed by atoms with Crippen molar-refractivity contribution in [3.8, 4) is 0 Å². The van der Waals surface area contributed by atoms with Gasteiger partial charge in [0.05, 0.1) is 13.2 Å². The van der Waals surface area contributed by atoms with E-state index in [2.05, 4.69) is 26.0 Å². The molecule has 0 aromatic rings. The summed E-state index contributed by atoms with van der Waals surface area (Å²) in [6.07, 6.45) is 57.2. The lowest BCUT2D eigenvalue weighted by Crippen LogP contribution is -2.27. The van der Waals surface area contributed by atoms with Gasteiger partial charge in [0.15, 0.2) is 0 Å². The van der Waals surface area contributed by atoms with Crippen LogP contribution in [-0.4, -0.2) is 37.0 Å². The summed E-state index contributed by atoms with van der Waals surface area (Å²) < 4.78 is 11.2. The summed E-state index contributed by atoms with van der Waals surface area (Å²) in [5, 5.41) is 9.63. The number of unbranched alkanes of at least 4 members (excludes halogenated alkanes) is 36. The van der Waals surface area contributed by atoms with E-state index in [4.69, 9.17) is 9.47 Å². The number of aliphatic hydroxyl groups is 1. The first kappa shape index (κ1) is 52.1. The largest absolute Gasteiger partial charge is 0.457 e. The molecule has 0 heterocycles. The number of allylic oxidation sites excluding steroid dienone is 2. The summed E-state index contributed by atoms with van der Waals surface area (Å²) in [6.45, 7) is 5.40. The third-order valence-corrected chi connectivity index (χ3v) is 11.1. The van der Waals surface area contributed by atoms with Crippen LogP contribution in [0.2, 0.25) is 0 Å². The Morgan fingerprint density at radius 3 is 1.08 bits per heavy atom. The van der Waals surface area contributed by atoms with Gasteiger partial charge in [0.2, 0.25) is 0 Å². The fraction of sp³-hybridized carbons (Fsp3) is 0.939. The first-order chi connectivity index (χ1) is 26.2. The standard InChI is InChI=1S/C49H96O4/c1-3-5-7-9-11-13-15-17-19-21-23-25-26-28-30-32-34-36-38-40-42-44-49(51)53-48(46-50)47-52-45-43-41-39-37-35-33-31-29-27-24-22-20-18-16-14-12-10-8-6-4-2/h21,23,48,50H,3-20,22,24-47H2,1-2H3/b23-21-. The van der Waals surface area contributed by atoms with Crippen LogP contribution in [0.5, 0.6) is 0 Å². The maximum atomic E-state index is 12.2. The molecule has 0 amide bonds. The van der Waals surface area contributed by atoms with Gasteiger partial charge < -0.3 is 14.6 Å². The molecule has 4 nitrogen and oxygen atoms in total. The normalized spacial score (nSPS) is 12.3. The lowest BCUT2D eigenvalue weighted by Gasteiger charge is -2.16. The molecule has 1 unspecified atom stereocenters. The first-order valence-corrected chi connectivity index (χ1v) is 24.3. The molecule has 53 heavy (non-hydrogen) atoms. The average molecular weight is 749 g/mol. The molecular formula is C49H96O4. The van der Waals surface area contributed by atoms with Gasteiger partial charge in [0.1, 0.15) is 6.10 Å². The number of hydrogen-bond acceptors (Lipinski definition) is 4. The lowest BCUT2D eigenvalue weighted by molar-refractivity contribution is -0.154. The molecule has 316 valence electrons. The highest BCUT2D eigenvalue weighted by atomic mass is 16.6. The Hall–Kier alpha value is -0.870. The second-order valence-electron chi connectivity index (χ2n) is 16.5. The third kappa shape index (κ3) is 45.4. The fourth-order valence-corrected chi connectivity index (χ4v) is 7.44. The molecule has 0 saturated carbocycles. The van der Waals surface area contributed by atoms with Crippen LogP contribution in [0.1, 0.15) is 271 Å². The topological polar surface area (TPSA) is 55.8 Å². The molecule has 0 spiro atoms. The SMILES string of the molecule is CCCCCCCCCC/C=C\CCCCCCCCCCCC(=O)OC(CO)COCCCCCCCCCCCCCCCCCCCCCC. The van der Waals surface area contributed by atoms with Gasteiger partial charge in [-0.2, -0.15) is 0 Å². The second-order valence-corrected chi connectivity index (χ2v) is 16.5. The zero-order valence-corrected chi connectivity index (χ0v) is 36.3. The molecule has 0 aromatic carbocycles. The fourth-order valence-electron chi connectivity index (χ4n) is 7.44. The molecule has 0 aromatic heterocycles. The van der Waals surface area contributed by atoms with E-state index in [0.29, 0.717) is 19.6 Å². The van der Waals surface area contributed by atoms with E-state index in [1.807, 2.05) is 0 Å². The van der Waals surface area contributed by atoms with E-state index in [1.165, 1.54) is 231 Å². The number of carbonyl (C=O) groups is 1. The first-order valence-electron chi connectivity index (χ1n) is 24.3. The van der Waals surface area contributed by atoms with E-state index in [0.717, 1.165) is 19.3 Å². The van der Waals surface area contributed by atoms with Gasteiger partial charge in [-0.1, -0.05) is 238 Å². The molecule has 0 rings (SSSR count). The summed E-state index contributed by atoms with van der Waals surface area (Å²) in [5.41, 5.74) is 0. The zero-order valence-electron chi connectivity index (χ0n) is 36.3. The number of rotatable bonds is 46. The predicted octanol–water partition coefficient (Wildman–Crippen LogP) is 16.1. The monoisotopic (exact) mass is 749 g/mol. The van der Waals surface area contributed by atoms with E-state index < -0.39 is 6.10 Å². The van der Waals surface area contributed by atoms with E-state index in [1.54, 1.807) is 0 Å². The Kier molecular flexibility index (Phi) is 46.5. The second kappa shape index (κ2) is 47.3. The number of ether oxygens (including phenoxy) is 2. The van der Waals surface area contributed by atoms with E-state index in [9.17, 15) is 9.90 Å².